The van der Waals surface area contributed by atoms with Crippen molar-refractivity contribution in [2.45, 2.75) is 18.7 Å². The third-order valence-electron chi connectivity index (χ3n) is 4.99. The van der Waals surface area contributed by atoms with Crippen LogP contribution in [0.15, 0.2) is 47.5 Å². The van der Waals surface area contributed by atoms with E-state index < -0.39 is 15.9 Å². The minimum absolute atomic E-state index is 0.145. The molecule has 1 aliphatic heterocycles. The van der Waals surface area contributed by atoms with Crippen LogP contribution >= 0.6 is 0 Å². The predicted molar refractivity (Wildman–Crippen MR) is 109 cm³/mol. The SMILES string of the molecule is Cc1ccc(S(=O)(=O)N2CCOCC2)cc1NC(=O)c1cn2c(C)cccc2n1. The molecule has 4 rings (SSSR count). The van der Waals surface area contributed by atoms with Crippen molar-refractivity contribution in [1.29, 1.82) is 0 Å². The summed E-state index contributed by atoms with van der Waals surface area (Å²) in [4.78, 5) is 17.2. The number of carbonyl (C=O) groups is 1. The monoisotopic (exact) mass is 414 g/mol. The van der Waals surface area contributed by atoms with Crippen molar-refractivity contribution in [3.05, 3.63) is 59.5 Å². The number of pyridine rings is 1. The van der Waals surface area contributed by atoms with Crippen LogP contribution in [0.3, 0.4) is 0 Å². The molecule has 1 saturated heterocycles. The van der Waals surface area contributed by atoms with Crippen LogP contribution in [-0.4, -0.2) is 54.3 Å². The van der Waals surface area contributed by atoms with Crippen molar-refractivity contribution in [2.75, 3.05) is 31.6 Å². The van der Waals surface area contributed by atoms with E-state index in [0.29, 0.717) is 37.6 Å². The molecule has 0 unspecified atom stereocenters. The highest BCUT2D eigenvalue weighted by Crippen LogP contribution is 2.24. The Kier molecular flexibility index (Phi) is 5.12. The number of fused-ring (bicyclic) bond motifs is 1. The number of aryl methyl sites for hydroxylation is 2. The van der Waals surface area contributed by atoms with E-state index in [1.54, 1.807) is 18.3 Å². The van der Waals surface area contributed by atoms with Gasteiger partial charge in [-0.05, 0) is 43.7 Å². The molecule has 8 nitrogen and oxygen atoms in total. The first-order chi connectivity index (χ1) is 13.9. The van der Waals surface area contributed by atoms with Crippen LogP contribution in [0.1, 0.15) is 21.7 Å². The molecular formula is C20H22N4O4S. The lowest BCUT2D eigenvalue weighted by Crippen LogP contribution is -2.40. The highest BCUT2D eigenvalue weighted by Gasteiger charge is 2.27. The summed E-state index contributed by atoms with van der Waals surface area (Å²) in [6.45, 7) is 5.13. The Labute approximate surface area is 169 Å². The van der Waals surface area contributed by atoms with Crippen molar-refractivity contribution in [1.82, 2.24) is 13.7 Å². The van der Waals surface area contributed by atoms with Gasteiger partial charge in [0, 0.05) is 30.7 Å². The second-order valence-electron chi connectivity index (χ2n) is 6.97. The van der Waals surface area contributed by atoms with Gasteiger partial charge in [-0.1, -0.05) is 12.1 Å². The number of ether oxygens (including phenoxy) is 1. The normalized spacial score (nSPS) is 15.5. The third-order valence-corrected chi connectivity index (χ3v) is 6.89. The molecular weight excluding hydrogens is 392 g/mol. The number of carbonyl (C=O) groups excluding carboxylic acids is 1. The summed E-state index contributed by atoms with van der Waals surface area (Å²) in [5, 5.41) is 2.80. The summed E-state index contributed by atoms with van der Waals surface area (Å²) in [6, 6.07) is 10.4. The van der Waals surface area contributed by atoms with E-state index >= 15 is 0 Å². The Bertz CT molecular complexity index is 1180. The highest BCUT2D eigenvalue weighted by atomic mass is 32.2. The zero-order chi connectivity index (χ0) is 20.6. The molecule has 1 aliphatic rings. The van der Waals surface area contributed by atoms with E-state index in [1.807, 2.05) is 36.4 Å². The highest BCUT2D eigenvalue weighted by molar-refractivity contribution is 7.89. The quantitative estimate of drug-likeness (QED) is 0.707. The number of nitrogens with one attached hydrogen (secondary N) is 1. The number of rotatable bonds is 4. The number of hydrogen-bond donors (Lipinski definition) is 1. The molecule has 9 heteroatoms. The van der Waals surface area contributed by atoms with Gasteiger partial charge in [0.15, 0.2) is 0 Å². The molecule has 0 spiro atoms. The number of nitrogens with zero attached hydrogens (tertiary/aromatic N) is 3. The van der Waals surface area contributed by atoms with Crippen LogP contribution in [0.25, 0.3) is 5.65 Å². The van der Waals surface area contributed by atoms with Crippen LogP contribution in [0.5, 0.6) is 0 Å². The van der Waals surface area contributed by atoms with Crippen molar-refractivity contribution >= 4 is 27.3 Å². The number of benzene rings is 1. The molecule has 1 amide bonds. The van der Waals surface area contributed by atoms with Gasteiger partial charge in [0.2, 0.25) is 10.0 Å². The van der Waals surface area contributed by atoms with E-state index in [0.717, 1.165) is 11.3 Å². The first kappa shape index (κ1) is 19.6. The number of sulfonamides is 1. The van der Waals surface area contributed by atoms with Crippen LogP contribution in [0.2, 0.25) is 0 Å². The number of anilines is 1. The number of imidazole rings is 1. The van der Waals surface area contributed by atoms with E-state index in [1.165, 1.54) is 10.4 Å². The summed E-state index contributed by atoms with van der Waals surface area (Å²) in [5.74, 6) is -0.392. The van der Waals surface area contributed by atoms with Gasteiger partial charge < -0.3 is 14.5 Å². The molecule has 29 heavy (non-hydrogen) atoms. The fourth-order valence-electron chi connectivity index (χ4n) is 3.28. The summed E-state index contributed by atoms with van der Waals surface area (Å²) in [6.07, 6.45) is 1.67. The summed E-state index contributed by atoms with van der Waals surface area (Å²) >= 11 is 0. The van der Waals surface area contributed by atoms with Crippen molar-refractivity contribution in [2.24, 2.45) is 0 Å². The second-order valence-corrected chi connectivity index (χ2v) is 8.91. The van der Waals surface area contributed by atoms with Gasteiger partial charge >= 0.3 is 0 Å². The maximum atomic E-state index is 12.9. The van der Waals surface area contributed by atoms with E-state index in [9.17, 15) is 13.2 Å². The van der Waals surface area contributed by atoms with E-state index in [4.69, 9.17) is 4.74 Å². The Hall–Kier alpha value is -2.75. The number of amides is 1. The molecule has 2 aromatic heterocycles. The topological polar surface area (TPSA) is 93.0 Å². The molecule has 0 bridgehead atoms. The maximum Gasteiger partial charge on any atom is 0.275 e. The third kappa shape index (κ3) is 3.76. The van der Waals surface area contributed by atoms with Gasteiger partial charge in [0.1, 0.15) is 11.3 Å². The van der Waals surface area contributed by atoms with Crippen molar-refractivity contribution in [3.63, 3.8) is 0 Å². The van der Waals surface area contributed by atoms with Crippen molar-refractivity contribution < 1.29 is 17.9 Å². The zero-order valence-corrected chi connectivity index (χ0v) is 17.1. The Morgan fingerprint density at radius 3 is 2.62 bits per heavy atom. The second kappa shape index (κ2) is 7.58. The lowest BCUT2D eigenvalue weighted by atomic mass is 10.2. The molecule has 1 N–H and O–H groups in total. The van der Waals surface area contributed by atoms with Gasteiger partial charge in [-0.25, -0.2) is 13.4 Å². The van der Waals surface area contributed by atoms with Crippen LogP contribution in [0.4, 0.5) is 5.69 Å². The van der Waals surface area contributed by atoms with Gasteiger partial charge in [-0.3, -0.25) is 4.79 Å². The average Bonchev–Trinajstić information content (AvgIpc) is 3.16. The molecule has 0 saturated carbocycles. The van der Waals surface area contributed by atoms with Gasteiger partial charge in [-0.15, -0.1) is 0 Å². The first-order valence-corrected chi connectivity index (χ1v) is 10.7. The van der Waals surface area contributed by atoms with Crippen LogP contribution in [0, 0.1) is 13.8 Å². The van der Waals surface area contributed by atoms with Crippen LogP contribution in [-0.2, 0) is 14.8 Å². The number of hydrogen-bond acceptors (Lipinski definition) is 5. The van der Waals surface area contributed by atoms with Gasteiger partial charge in [0.05, 0.1) is 18.1 Å². The van der Waals surface area contributed by atoms with E-state index in [-0.39, 0.29) is 10.6 Å². The fourth-order valence-corrected chi connectivity index (χ4v) is 4.71. The molecule has 0 radical (unpaired) electrons. The van der Waals surface area contributed by atoms with Gasteiger partial charge in [0.25, 0.3) is 5.91 Å². The molecule has 3 aromatic rings. The molecule has 152 valence electrons. The Morgan fingerprint density at radius 1 is 1.14 bits per heavy atom. The first-order valence-electron chi connectivity index (χ1n) is 9.31. The summed E-state index contributed by atoms with van der Waals surface area (Å²) in [7, 11) is -3.65. The predicted octanol–water partition coefficient (Wildman–Crippen LogP) is 2.22. The summed E-state index contributed by atoms with van der Waals surface area (Å²) < 4.78 is 34.3. The maximum absolute atomic E-state index is 12.9. The molecule has 3 heterocycles. The Balaban J connectivity index is 1.62. The average molecular weight is 414 g/mol. The van der Waals surface area contributed by atoms with Crippen LogP contribution < -0.4 is 5.32 Å². The lowest BCUT2D eigenvalue weighted by Gasteiger charge is -2.26. The number of morpholine rings is 1. The molecule has 1 fully saturated rings. The fraction of sp³-hybridized carbons (Fsp3) is 0.300. The molecule has 0 aliphatic carbocycles. The van der Waals surface area contributed by atoms with E-state index in [2.05, 4.69) is 10.3 Å². The number of aromatic nitrogens is 2. The zero-order valence-electron chi connectivity index (χ0n) is 16.3. The Morgan fingerprint density at radius 2 is 1.90 bits per heavy atom. The lowest BCUT2D eigenvalue weighted by molar-refractivity contribution is 0.0730. The minimum Gasteiger partial charge on any atom is -0.379 e. The smallest absolute Gasteiger partial charge is 0.275 e. The summed E-state index contributed by atoms with van der Waals surface area (Å²) in [5.41, 5.74) is 3.11. The standard InChI is InChI=1S/C20H22N4O4S/c1-14-6-7-16(29(26,27)23-8-10-28-11-9-23)12-17(14)22-20(25)18-13-24-15(2)4-3-5-19(24)21-18/h3-7,12-13H,8-11H2,1-2H3,(H,22,25). The largest absolute Gasteiger partial charge is 0.379 e. The van der Waals surface area contributed by atoms with Crippen molar-refractivity contribution in [3.8, 4) is 0 Å². The molecule has 1 aromatic carbocycles. The van der Waals surface area contributed by atoms with Gasteiger partial charge in [-0.2, -0.15) is 4.31 Å². The minimum atomic E-state index is -3.65. The molecule has 0 atom stereocenters.